The minimum absolute atomic E-state index is 0.0305. The number of carbonyl (C=O) groups excluding carboxylic acids is 2. The van der Waals surface area contributed by atoms with Crippen molar-refractivity contribution in [2.75, 3.05) is 45.9 Å². The van der Waals surface area contributed by atoms with Gasteiger partial charge in [-0.3, -0.25) is 9.69 Å². The predicted molar refractivity (Wildman–Crippen MR) is 102 cm³/mol. The van der Waals surface area contributed by atoms with Crippen LogP contribution in [0, 0.1) is 0 Å². The number of hydrogen-bond acceptors (Lipinski definition) is 4. The van der Waals surface area contributed by atoms with E-state index in [1.54, 1.807) is 0 Å². The minimum atomic E-state index is -0.0960. The summed E-state index contributed by atoms with van der Waals surface area (Å²) >= 11 is 5.94. The number of nitrogens with zero attached hydrogens (tertiary/aromatic N) is 3. The summed E-state index contributed by atoms with van der Waals surface area (Å²) in [5.41, 5.74) is 1.23. The van der Waals surface area contributed by atoms with Crippen LogP contribution in [0.25, 0.3) is 0 Å². The molecule has 2 atom stereocenters. The summed E-state index contributed by atoms with van der Waals surface area (Å²) in [5, 5.41) is 3.70. The van der Waals surface area contributed by atoms with Crippen LogP contribution >= 0.6 is 11.6 Å². The lowest BCUT2D eigenvalue weighted by Crippen LogP contribution is -2.63. The number of piperidine rings is 1. The molecule has 3 saturated heterocycles. The molecule has 3 fully saturated rings. The highest BCUT2D eigenvalue weighted by molar-refractivity contribution is 6.30. The van der Waals surface area contributed by atoms with Crippen molar-refractivity contribution in [1.29, 1.82) is 0 Å². The van der Waals surface area contributed by atoms with E-state index in [4.69, 9.17) is 16.3 Å². The highest BCUT2D eigenvalue weighted by Crippen LogP contribution is 2.19. The van der Waals surface area contributed by atoms with E-state index in [1.165, 1.54) is 5.56 Å². The summed E-state index contributed by atoms with van der Waals surface area (Å²) in [6.45, 7) is 5.36. The molecule has 27 heavy (non-hydrogen) atoms. The molecule has 0 radical (unpaired) electrons. The lowest BCUT2D eigenvalue weighted by atomic mass is 10.0. The summed E-state index contributed by atoms with van der Waals surface area (Å²) in [7, 11) is 0. The Bertz CT molecular complexity index is 691. The molecule has 1 aromatic carbocycles. The second kappa shape index (κ2) is 8.04. The summed E-state index contributed by atoms with van der Waals surface area (Å²) in [6, 6.07) is 7.89. The number of hydrogen-bond donors (Lipinski definition) is 1. The molecular formula is C19H25ClN4O3. The molecule has 3 aliphatic heterocycles. The Morgan fingerprint density at radius 1 is 1.11 bits per heavy atom. The third kappa shape index (κ3) is 4.36. The first-order valence-corrected chi connectivity index (χ1v) is 9.88. The molecule has 3 heterocycles. The smallest absolute Gasteiger partial charge is 0.320 e. The average Bonchev–Trinajstić information content (AvgIpc) is 2.69. The van der Waals surface area contributed by atoms with Gasteiger partial charge in [-0.1, -0.05) is 23.7 Å². The van der Waals surface area contributed by atoms with Crippen LogP contribution in [-0.2, 0) is 16.1 Å². The number of nitrogens with one attached hydrogen (secondary N) is 1. The van der Waals surface area contributed by atoms with Crippen LogP contribution < -0.4 is 5.32 Å². The Balaban J connectivity index is 1.27. The van der Waals surface area contributed by atoms with Gasteiger partial charge in [0.25, 0.3) is 0 Å². The van der Waals surface area contributed by atoms with Gasteiger partial charge in [-0.2, -0.15) is 0 Å². The van der Waals surface area contributed by atoms with Gasteiger partial charge >= 0.3 is 6.03 Å². The molecule has 0 saturated carbocycles. The molecule has 3 aliphatic rings. The zero-order valence-electron chi connectivity index (χ0n) is 15.3. The van der Waals surface area contributed by atoms with Gasteiger partial charge in [0.2, 0.25) is 5.91 Å². The molecule has 4 rings (SSSR count). The first kappa shape index (κ1) is 18.5. The van der Waals surface area contributed by atoms with E-state index in [-0.39, 0.29) is 30.7 Å². The van der Waals surface area contributed by atoms with Crippen molar-refractivity contribution in [1.82, 2.24) is 20.0 Å². The van der Waals surface area contributed by atoms with E-state index in [0.29, 0.717) is 13.1 Å². The lowest BCUT2D eigenvalue weighted by molar-refractivity contribution is -0.139. The number of benzene rings is 1. The third-order valence-corrected chi connectivity index (χ3v) is 5.81. The molecular weight excluding hydrogens is 368 g/mol. The number of amides is 3. The highest BCUT2D eigenvalue weighted by Gasteiger charge is 2.37. The van der Waals surface area contributed by atoms with E-state index in [1.807, 2.05) is 34.1 Å². The van der Waals surface area contributed by atoms with Crippen LogP contribution in [0.5, 0.6) is 0 Å². The Hall–Kier alpha value is -1.83. The second-order valence-electron chi connectivity index (χ2n) is 7.43. The monoisotopic (exact) mass is 392 g/mol. The predicted octanol–water partition coefficient (Wildman–Crippen LogP) is 1.17. The van der Waals surface area contributed by atoms with Gasteiger partial charge in [0, 0.05) is 50.8 Å². The van der Waals surface area contributed by atoms with Gasteiger partial charge in [0.1, 0.15) is 6.61 Å². The normalized spacial score (nSPS) is 26.5. The number of halogens is 1. The van der Waals surface area contributed by atoms with Crippen molar-refractivity contribution in [2.45, 2.75) is 25.1 Å². The first-order chi connectivity index (χ1) is 13.1. The number of morpholine rings is 1. The van der Waals surface area contributed by atoms with Gasteiger partial charge in [-0.05, 0) is 24.1 Å². The van der Waals surface area contributed by atoms with Crippen LogP contribution in [0.1, 0.15) is 12.0 Å². The van der Waals surface area contributed by atoms with Crippen LogP contribution in [0.2, 0.25) is 5.02 Å². The first-order valence-electron chi connectivity index (χ1n) is 9.50. The Morgan fingerprint density at radius 2 is 1.85 bits per heavy atom. The maximum absolute atomic E-state index is 12.9. The molecule has 8 heteroatoms. The Labute approximate surface area is 164 Å². The number of rotatable bonds is 2. The maximum Gasteiger partial charge on any atom is 0.320 e. The van der Waals surface area contributed by atoms with Crippen molar-refractivity contribution >= 4 is 23.5 Å². The Morgan fingerprint density at radius 3 is 2.59 bits per heavy atom. The van der Waals surface area contributed by atoms with E-state index < -0.39 is 0 Å². The fourth-order valence-electron chi connectivity index (χ4n) is 4.02. The molecule has 1 N–H and O–H groups in total. The molecule has 0 unspecified atom stereocenters. The second-order valence-corrected chi connectivity index (χ2v) is 7.87. The van der Waals surface area contributed by atoms with Crippen LogP contribution in [0.3, 0.4) is 0 Å². The Kier molecular flexibility index (Phi) is 5.52. The third-order valence-electron chi connectivity index (χ3n) is 5.56. The van der Waals surface area contributed by atoms with Crippen LogP contribution in [-0.4, -0.2) is 84.7 Å². The van der Waals surface area contributed by atoms with E-state index in [9.17, 15) is 9.59 Å². The quantitative estimate of drug-likeness (QED) is 0.820. The van der Waals surface area contributed by atoms with Gasteiger partial charge in [-0.25, -0.2) is 4.79 Å². The number of likely N-dealkylation sites (tertiary alicyclic amines) is 1. The van der Waals surface area contributed by atoms with Crippen molar-refractivity contribution < 1.29 is 14.3 Å². The van der Waals surface area contributed by atoms with Crippen molar-refractivity contribution in [3.8, 4) is 0 Å². The van der Waals surface area contributed by atoms with Crippen molar-refractivity contribution in [3.63, 3.8) is 0 Å². The standard InChI is InChI=1S/C19H25ClN4O3/c20-15-3-1-14(2-4-15)11-22-7-9-23(10-8-22)19(26)24-6-5-17-16(12-24)21-18(25)13-27-17/h1-4,16-17H,5-13H2,(H,21,25)/t16-,17+/m1/s1. The van der Waals surface area contributed by atoms with Crippen molar-refractivity contribution in [2.24, 2.45) is 0 Å². The van der Waals surface area contributed by atoms with Gasteiger partial charge in [-0.15, -0.1) is 0 Å². The van der Waals surface area contributed by atoms with Crippen LogP contribution in [0.15, 0.2) is 24.3 Å². The summed E-state index contributed by atoms with van der Waals surface area (Å²) < 4.78 is 5.57. The van der Waals surface area contributed by atoms with E-state index in [0.717, 1.165) is 44.2 Å². The molecule has 146 valence electrons. The molecule has 0 aromatic heterocycles. The van der Waals surface area contributed by atoms with E-state index in [2.05, 4.69) is 10.2 Å². The molecule has 0 bridgehead atoms. The molecule has 7 nitrogen and oxygen atoms in total. The molecule has 1 aromatic rings. The SMILES string of the molecule is O=C1CO[C@H]2CCN(C(=O)N3CCN(Cc4ccc(Cl)cc4)CC3)C[C@H]2N1. The number of urea groups is 1. The van der Waals surface area contributed by atoms with Gasteiger partial charge in [0.15, 0.2) is 0 Å². The minimum Gasteiger partial charge on any atom is -0.366 e. The number of ether oxygens (including phenoxy) is 1. The summed E-state index contributed by atoms with van der Waals surface area (Å²) in [6.07, 6.45) is 0.802. The lowest BCUT2D eigenvalue weighted by Gasteiger charge is -2.43. The fraction of sp³-hybridized carbons (Fsp3) is 0.579. The number of carbonyl (C=O) groups is 2. The molecule has 0 spiro atoms. The zero-order chi connectivity index (χ0) is 18.8. The van der Waals surface area contributed by atoms with E-state index >= 15 is 0 Å². The fourth-order valence-corrected chi connectivity index (χ4v) is 4.14. The number of piperazine rings is 1. The molecule has 3 amide bonds. The van der Waals surface area contributed by atoms with Gasteiger partial charge < -0.3 is 19.9 Å². The topological polar surface area (TPSA) is 65.1 Å². The highest BCUT2D eigenvalue weighted by atomic mass is 35.5. The van der Waals surface area contributed by atoms with Crippen LogP contribution in [0.4, 0.5) is 4.79 Å². The van der Waals surface area contributed by atoms with Gasteiger partial charge in [0.05, 0.1) is 12.1 Å². The van der Waals surface area contributed by atoms with Crippen molar-refractivity contribution in [3.05, 3.63) is 34.9 Å². The number of fused-ring (bicyclic) bond motifs is 1. The average molecular weight is 393 g/mol. The summed E-state index contributed by atoms with van der Waals surface area (Å²) in [5.74, 6) is -0.0960. The zero-order valence-corrected chi connectivity index (χ0v) is 16.0. The summed E-state index contributed by atoms with van der Waals surface area (Å²) in [4.78, 5) is 30.5. The maximum atomic E-state index is 12.9. The largest absolute Gasteiger partial charge is 0.366 e. The molecule has 0 aliphatic carbocycles.